The number of halogens is 2. The number of nitrogens with zero attached hydrogens (tertiary/aromatic N) is 2. The smallest absolute Gasteiger partial charge is 0.272 e. The molecule has 1 aromatic heterocycles. The maximum Gasteiger partial charge on any atom is 0.272 e. The third kappa shape index (κ3) is 2.83. The van der Waals surface area contributed by atoms with Crippen molar-refractivity contribution in [3.05, 3.63) is 30.1 Å². The quantitative estimate of drug-likeness (QED) is 0.813. The minimum Gasteiger partial charge on any atom is -0.337 e. The van der Waals surface area contributed by atoms with Crippen molar-refractivity contribution in [1.29, 1.82) is 0 Å². The molecule has 1 amide bonds. The Bertz CT molecular complexity index is 412. The second kappa shape index (κ2) is 5.00. The summed E-state index contributed by atoms with van der Waals surface area (Å²) in [5, 5.41) is 0. The van der Waals surface area contributed by atoms with Crippen molar-refractivity contribution in [3.8, 4) is 0 Å². The highest BCUT2D eigenvalue weighted by Gasteiger charge is 2.37. The maximum absolute atomic E-state index is 13.0. The standard InChI is InChI=1S/C13H16F2N2O/c1-17(10-5-7-13(14,15)8-6-10)12(18)11-4-2-3-9-16-11/h2-4,9-10H,5-8H2,1H3. The minimum absolute atomic E-state index is 0.112. The van der Waals surface area contributed by atoms with Crippen molar-refractivity contribution in [3.63, 3.8) is 0 Å². The first-order valence-electron chi connectivity index (χ1n) is 6.06. The van der Waals surface area contributed by atoms with Gasteiger partial charge >= 0.3 is 0 Å². The van der Waals surface area contributed by atoms with Gasteiger partial charge in [-0.05, 0) is 25.0 Å². The molecule has 0 aliphatic heterocycles. The normalized spacial score (nSPS) is 19.5. The molecule has 0 aromatic carbocycles. The molecule has 0 N–H and O–H groups in total. The van der Waals surface area contributed by atoms with E-state index < -0.39 is 5.92 Å². The number of alkyl halides is 2. The molecule has 1 aliphatic rings. The zero-order valence-corrected chi connectivity index (χ0v) is 10.3. The van der Waals surface area contributed by atoms with Gasteiger partial charge in [-0.15, -0.1) is 0 Å². The molecule has 0 unspecified atom stereocenters. The molecular formula is C13H16F2N2O. The molecule has 1 saturated carbocycles. The molecule has 5 heteroatoms. The SMILES string of the molecule is CN(C(=O)c1ccccn1)C1CCC(F)(F)CC1. The minimum atomic E-state index is -2.56. The molecule has 0 spiro atoms. The van der Waals surface area contributed by atoms with Crippen LogP contribution in [0.5, 0.6) is 0 Å². The largest absolute Gasteiger partial charge is 0.337 e. The molecule has 0 radical (unpaired) electrons. The predicted molar refractivity (Wildman–Crippen MR) is 63.5 cm³/mol. The van der Waals surface area contributed by atoms with E-state index in [0.29, 0.717) is 18.5 Å². The van der Waals surface area contributed by atoms with Crippen LogP contribution in [0, 0.1) is 0 Å². The van der Waals surface area contributed by atoms with E-state index in [0.717, 1.165) is 0 Å². The first-order chi connectivity index (χ1) is 8.49. The summed E-state index contributed by atoms with van der Waals surface area (Å²) in [6.07, 6.45) is 1.97. The van der Waals surface area contributed by atoms with Crippen molar-refractivity contribution < 1.29 is 13.6 Å². The second-order valence-electron chi connectivity index (χ2n) is 4.72. The summed E-state index contributed by atoms with van der Waals surface area (Å²) < 4.78 is 26.1. The Morgan fingerprint density at radius 3 is 2.61 bits per heavy atom. The monoisotopic (exact) mass is 254 g/mol. The third-order valence-electron chi connectivity index (χ3n) is 3.44. The van der Waals surface area contributed by atoms with Crippen LogP contribution < -0.4 is 0 Å². The Morgan fingerprint density at radius 1 is 1.39 bits per heavy atom. The highest BCUT2D eigenvalue weighted by Crippen LogP contribution is 2.34. The molecule has 98 valence electrons. The summed E-state index contributed by atoms with van der Waals surface area (Å²) in [6, 6.07) is 5.00. The number of carbonyl (C=O) groups is 1. The molecule has 0 bridgehead atoms. The Kier molecular flexibility index (Phi) is 3.59. The van der Waals surface area contributed by atoms with Crippen molar-refractivity contribution in [2.24, 2.45) is 0 Å². The molecule has 1 aliphatic carbocycles. The fraction of sp³-hybridized carbons (Fsp3) is 0.538. The molecule has 1 aromatic rings. The van der Waals surface area contributed by atoms with Gasteiger partial charge in [0.25, 0.3) is 5.91 Å². The maximum atomic E-state index is 13.0. The zero-order valence-electron chi connectivity index (χ0n) is 10.3. The van der Waals surface area contributed by atoms with Crippen molar-refractivity contribution in [1.82, 2.24) is 9.88 Å². The summed E-state index contributed by atoms with van der Waals surface area (Å²) in [4.78, 5) is 17.6. The molecule has 0 saturated heterocycles. The van der Waals surface area contributed by atoms with Gasteiger partial charge < -0.3 is 4.90 Å². The van der Waals surface area contributed by atoms with Crippen molar-refractivity contribution in [2.75, 3.05) is 7.05 Å². The van der Waals surface area contributed by atoms with Crippen LogP contribution in [0.4, 0.5) is 8.78 Å². The lowest BCUT2D eigenvalue weighted by Gasteiger charge is -2.34. The molecule has 2 rings (SSSR count). The topological polar surface area (TPSA) is 33.2 Å². The van der Waals surface area contributed by atoms with Gasteiger partial charge in [-0.1, -0.05) is 6.07 Å². The van der Waals surface area contributed by atoms with Gasteiger partial charge in [-0.3, -0.25) is 9.78 Å². The van der Waals surface area contributed by atoms with Crippen LogP contribution in [0.25, 0.3) is 0 Å². The summed E-state index contributed by atoms with van der Waals surface area (Å²) >= 11 is 0. The molecule has 1 fully saturated rings. The van der Waals surface area contributed by atoms with Crippen LogP contribution in [0.1, 0.15) is 36.2 Å². The fourth-order valence-electron chi connectivity index (χ4n) is 2.25. The van der Waals surface area contributed by atoms with Gasteiger partial charge in [-0.2, -0.15) is 0 Å². The first-order valence-corrected chi connectivity index (χ1v) is 6.06. The number of amides is 1. The third-order valence-corrected chi connectivity index (χ3v) is 3.44. The van der Waals surface area contributed by atoms with Gasteiger partial charge in [0.15, 0.2) is 0 Å². The van der Waals surface area contributed by atoms with Crippen LogP contribution in [-0.4, -0.2) is 34.8 Å². The summed E-state index contributed by atoms with van der Waals surface area (Å²) in [5.41, 5.74) is 0.359. The Balaban J connectivity index is 2.00. The van der Waals surface area contributed by atoms with E-state index in [2.05, 4.69) is 4.98 Å². The van der Waals surface area contributed by atoms with Gasteiger partial charge in [0, 0.05) is 32.1 Å². The average Bonchev–Trinajstić information content (AvgIpc) is 2.38. The predicted octanol–water partition coefficient (Wildman–Crippen LogP) is 2.73. The summed E-state index contributed by atoms with van der Waals surface area (Å²) in [6.45, 7) is 0. The van der Waals surface area contributed by atoms with Gasteiger partial charge in [0.2, 0.25) is 5.92 Å². The van der Waals surface area contributed by atoms with Crippen LogP contribution in [0.2, 0.25) is 0 Å². The molecule has 1 heterocycles. The number of hydrogen-bond donors (Lipinski definition) is 0. The Morgan fingerprint density at radius 2 is 2.06 bits per heavy atom. The number of rotatable bonds is 2. The van der Waals surface area contributed by atoms with Crippen LogP contribution >= 0.6 is 0 Å². The highest BCUT2D eigenvalue weighted by molar-refractivity contribution is 5.92. The van der Waals surface area contributed by atoms with Gasteiger partial charge in [0.05, 0.1) is 0 Å². The molecule has 18 heavy (non-hydrogen) atoms. The van der Waals surface area contributed by atoms with Crippen LogP contribution in [-0.2, 0) is 0 Å². The molecule has 0 atom stereocenters. The van der Waals surface area contributed by atoms with E-state index in [4.69, 9.17) is 0 Å². The summed E-state index contributed by atoms with van der Waals surface area (Å²) in [7, 11) is 1.66. The zero-order chi connectivity index (χ0) is 13.2. The van der Waals surface area contributed by atoms with Crippen molar-refractivity contribution >= 4 is 5.91 Å². The van der Waals surface area contributed by atoms with Gasteiger partial charge in [0.1, 0.15) is 5.69 Å². The van der Waals surface area contributed by atoms with E-state index in [1.165, 1.54) is 4.90 Å². The number of pyridine rings is 1. The second-order valence-corrected chi connectivity index (χ2v) is 4.72. The van der Waals surface area contributed by atoms with Crippen molar-refractivity contribution in [2.45, 2.75) is 37.6 Å². The lowest BCUT2D eigenvalue weighted by Crippen LogP contribution is -2.42. The Hall–Kier alpha value is -1.52. The Labute approximate surface area is 105 Å². The number of aromatic nitrogens is 1. The van der Waals surface area contributed by atoms with Crippen LogP contribution in [0.15, 0.2) is 24.4 Å². The summed E-state index contributed by atoms with van der Waals surface area (Å²) in [5.74, 6) is -2.77. The lowest BCUT2D eigenvalue weighted by molar-refractivity contribution is -0.0490. The average molecular weight is 254 g/mol. The first kappa shape index (κ1) is 12.9. The van der Waals surface area contributed by atoms with E-state index in [1.54, 1.807) is 31.4 Å². The highest BCUT2D eigenvalue weighted by atomic mass is 19.3. The lowest BCUT2D eigenvalue weighted by atomic mass is 9.91. The van der Waals surface area contributed by atoms with E-state index in [9.17, 15) is 13.6 Å². The number of hydrogen-bond acceptors (Lipinski definition) is 2. The molecular weight excluding hydrogens is 238 g/mol. The van der Waals surface area contributed by atoms with Gasteiger partial charge in [-0.25, -0.2) is 8.78 Å². The number of carbonyl (C=O) groups excluding carboxylic acids is 1. The fourth-order valence-corrected chi connectivity index (χ4v) is 2.25. The van der Waals surface area contributed by atoms with E-state index in [-0.39, 0.29) is 24.8 Å². The molecule has 3 nitrogen and oxygen atoms in total. The van der Waals surface area contributed by atoms with Crippen LogP contribution in [0.3, 0.4) is 0 Å². The van der Waals surface area contributed by atoms with E-state index >= 15 is 0 Å². The van der Waals surface area contributed by atoms with E-state index in [1.807, 2.05) is 0 Å².